The van der Waals surface area contributed by atoms with Gasteiger partial charge in [-0.15, -0.1) is 0 Å². The SMILES string of the molecule is NCCc1ccc(CNc2nc[nH]c(=O)c2Cl)cc1. The van der Waals surface area contributed by atoms with Gasteiger partial charge in [0.25, 0.3) is 5.56 Å². The number of anilines is 1. The minimum absolute atomic E-state index is 0.0715. The van der Waals surface area contributed by atoms with Crippen LogP contribution < -0.4 is 16.6 Å². The molecule has 100 valence electrons. The van der Waals surface area contributed by atoms with Gasteiger partial charge in [-0.1, -0.05) is 35.9 Å². The molecule has 0 saturated carbocycles. The first-order chi connectivity index (χ1) is 9.20. The minimum atomic E-state index is -0.350. The zero-order valence-electron chi connectivity index (χ0n) is 10.3. The predicted molar refractivity (Wildman–Crippen MR) is 76.4 cm³/mol. The van der Waals surface area contributed by atoms with E-state index in [-0.39, 0.29) is 10.6 Å². The molecule has 5 nitrogen and oxygen atoms in total. The normalized spacial score (nSPS) is 10.4. The molecule has 0 aliphatic rings. The fraction of sp³-hybridized carbons (Fsp3) is 0.231. The van der Waals surface area contributed by atoms with Gasteiger partial charge < -0.3 is 16.0 Å². The van der Waals surface area contributed by atoms with Gasteiger partial charge in [0, 0.05) is 6.54 Å². The number of nitrogens with one attached hydrogen (secondary N) is 2. The lowest BCUT2D eigenvalue weighted by molar-refractivity contribution is 0.965. The molecule has 2 aromatic rings. The third-order valence-corrected chi connectivity index (χ3v) is 3.06. The molecule has 0 atom stereocenters. The highest BCUT2D eigenvalue weighted by atomic mass is 35.5. The monoisotopic (exact) mass is 278 g/mol. The zero-order chi connectivity index (χ0) is 13.7. The number of benzene rings is 1. The van der Waals surface area contributed by atoms with Gasteiger partial charge in [0.05, 0.1) is 6.33 Å². The summed E-state index contributed by atoms with van der Waals surface area (Å²) in [5.41, 5.74) is 7.44. The first-order valence-electron chi connectivity index (χ1n) is 5.95. The second kappa shape index (κ2) is 6.36. The molecule has 0 aliphatic carbocycles. The number of nitrogens with two attached hydrogens (primary N) is 1. The van der Waals surface area contributed by atoms with Crippen LogP contribution >= 0.6 is 11.6 Å². The van der Waals surface area contributed by atoms with Crippen LogP contribution in [0.5, 0.6) is 0 Å². The van der Waals surface area contributed by atoms with Gasteiger partial charge in [-0.05, 0) is 24.1 Å². The molecule has 0 spiro atoms. The largest absolute Gasteiger partial charge is 0.365 e. The van der Waals surface area contributed by atoms with Crippen molar-refractivity contribution < 1.29 is 0 Å². The van der Waals surface area contributed by atoms with Crippen molar-refractivity contribution >= 4 is 17.4 Å². The van der Waals surface area contributed by atoms with Crippen molar-refractivity contribution in [3.8, 4) is 0 Å². The molecule has 0 bridgehead atoms. The number of rotatable bonds is 5. The van der Waals surface area contributed by atoms with Crippen molar-refractivity contribution in [3.05, 3.63) is 57.1 Å². The number of halogens is 1. The van der Waals surface area contributed by atoms with E-state index in [1.165, 1.54) is 11.9 Å². The molecule has 0 amide bonds. The van der Waals surface area contributed by atoms with Crippen molar-refractivity contribution in [1.29, 1.82) is 0 Å². The Labute approximate surface area is 115 Å². The summed E-state index contributed by atoms with van der Waals surface area (Å²) in [7, 11) is 0. The van der Waals surface area contributed by atoms with Crippen LogP contribution in [0.2, 0.25) is 5.02 Å². The summed E-state index contributed by atoms with van der Waals surface area (Å²) in [6, 6.07) is 8.10. The summed E-state index contributed by atoms with van der Waals surface area (Å²) in [5.74, 6) is 0.386. The summed E-state index contributed by atoms with van der Waals surface area (Å²) in [6.45, 7) is 1.20. The van der Waals surface area contributed by atoms with Crippen LogP contribution in [0.3, 0.4) is 0 Å². The van der Waals surface area contributed by atoms with E-state index in [9.17, 15) is 4.79 Å². The number of aromatic nitrogens is 2. The van der Waals surface area contributed by atoms with Crippen LogP contribution in [0.4, 0.5) is 5.82 Å². The van der Waals surface area contributed by atoms with Crippen molar-refractivity contribution in [1.82, 2.24) is 9.97 Å². The Morgan fingerprint density at radius 3 is 2.63 bits per heavy atom. The quantitative estimate of drug-likeness (QED) is 0.775. The van der Waals surface area contributed by atoms with Crippen LogP contribution in [0.25, 0.3) is 0 Å². The maximum atomic E-state index is 11.3. The van der Waals surface area contributed by atoms with E-state index in [2.05, 4.69) is 15.3 Å². The minimum Gasteiger partial charge on any atom is -0.365 e. The van der Waals surface area contributed by atoms with E-state index >= 15 is 0 Å². The van der Waals surface area contributed by atoms with Gasteiger partial charge in [0.1, 0.15) is 5.02 Å². The van der Waals surface area contributed by atoms with E-state index in [4.69, 9.17) is 17.3 Å². The molecular formula is C13H15ClN4O. The van der Waals surface area contributed by atoms with Crippen molar-refractivity contribution in [2.24, 2.45) is 5.73 Å². The standard InChI is InChI=1S/C13H15ClN4O/c14-11-12(17-8-18-13(11)19)16-7-10-3-1-9(2-4-10)5-6-15/h1-4,8H,5-7,15H2,(H2,16,17,18,19). The molecule has 0 fully saturated rings. The highest BCUT2D eigenvalue weighted by Gasteiger charge is 2.04. The fourth-order valence-electron chi connectivity index (χ4n) is 1.68. The topological polar surface area (TPSA) is 83.8 Å². The van der Waals surface area contributed by atoms with Crippen LogP contribution in [0.1, 0.15) is 11.1 Å². The zero-order valence-corrected chi connectivity index (χ0v) is 11.1. The molecule has 6 heteroatoms. The predicted octanol–water partition coefficient (Wildman–Crippen LogP) is 1.54. The summed E-state index contributed by atoms with van der Waals surface area (Å²) >= 11 is 5.84. The Kier molecular flexibility index (Phi) is 4.54. The molecule has 2 rings (SSSR count). The van der Waals surface area contributed by atoms with E-state index in [0.717, 1.165) is 12.0 Å². The first kappa shape index (κ1) is 13.6. The van der Waals surface area contributed by atoms with Gasteiger partial charge in [-0.25, -0.2) is 4.98 Å². The van der Waals surface area contributed by atoms with Crippen LogP contribution in [-0.4, -0.2) is 16.5 Å². The molecular weight excluding hydrogens is 264 g/mol. The van der Waals surface area contributed by atoms with E-state index in [1.54, 1.807) is 0 Å². The summed E-state index contributed by atoms with van der Waals surface area (Å²) in [5, 5.41) is 3.11. The molecule has 0 radical (unpaired) electrons. The Morgan fingerprint density at radius 2 is 1.95 bits per heavy atom. The number of hydrogen-bond donors (Lipinski definition) is 3. The second-order valence-corrected chi connectivity index (χ2v) is 4.48. The third kappa shape index (κ3) is 3.56. The van der Waals surface area contributed by atoms with Crippen LogP contribution in [0, 0.1) is 0 Å². The molecule has 1 aromatic heterocycles. The van der Waals surface area contributed by atoms with Gasteiger partial charge in [-0.3, -0.25) is 4.79 Å². The lowest BCUT2D eigenvalue weighted by Gasteiger charge is -2.07. The second-order valence-electron chi connectivity index (χ2n) is 4.10. The fourth-order valence-corrected chi connectivity index (χ4v) is 1.85. The first-order valence-corrected chi connectivity index (χ1v) is 6.33. The molecule has 1 aromatic carbocycles. The maximum absolute atomic E-state index is 11.3. The Balaban J connectivity index is 2.02. The number of aromatic amines is 1. The van der Waals surface area contributed by atoms with Crippen molar-refractivity contribution in [3.63, 3.8) is 0 Å². The summed E-state index contributed by atoms with van der Waals surface area (Å²) in [4.78, 5) is 17.7. The lowest BCUT2D eigenvalue weighted by atomic mass is 10.1. The van der Waals surface area contributed by atoms with Crippen LogP contribution in [0.15, 0.2) is 35.4 Å². The molecule has 0 aliphatic heterocycles. The average Bonchev–Trinajstić information content (AvgIpc) is 2.42. The Morgan fingerprint density at radius 1 is 1.26 bits per heavy atom. The van der Waals surface area contributed by atoms with E-state index in [0.29, 0.717) is 18.9 Å². The Bertz CT molecular complexity index is 594. The average molecular weight is 279 g/mol. The summed E-state index contributed by atoms with van der Waals surface area (Å²) in [6.07, 6.45) is 2.19. The lowest BCUT2D eigenvalue weighted by Crippen LogP contribution is -2.11. The van der Waals surface area contributed by atoms with E-state index in [1.807, 2.05) is 24.3 Å². The van der Waals surface area contributed by atoms with Gasteiger partial charge in [0.15, 0.2) is 5.82 Å². The molecule has 19 heavy (non-hydrogen) atoms. The highest BCUT2D eigenvalue weighted by Crippen LogP contribution is 2.14. The molecule has 0 saturated heterocycles. The molecule has 0 unspecified atom stereocenters. The maximum Gasteiger partial charge on any atom is 0.271 e. The number of nitrogens with zero attached hydrogens (tertiary/aromatic N) is 1. The molecule has 4 N–H and O–H groups in total. The van der Waals surface area contributed by atoms with Gasteiger partial charge >= 0.3 is 0 Å². The van der Waals surface area contributed by atoms with Crippen LogP contribution in [-0.2, 0) is 13.0 Å². The molecule has 1 heterocycles. The van der Waals surface area contributed by atoms with Gasteiger partial charge in [0.2, 0.25) is 0 Å². The highest BCUT2D eigenvalue weighted by molar-refractivity contribution is 6.32. The van der Waals surface area contributed by atoms with Gasteiger partial charge in [-0.2, -0.15) is 0 Å². The van der Waals surface area contributed by atoms with Crippen molar-refractivity contribution in [2.75, 3.05) is 11.9 Å². The third-order valence-electron chi connectivity index (χ3n) is 2.71. The Hall–Kier alpha value is -1.85. The number of H-pyrrole nitrogens is 1. The van der Waals surface area contributed by atoms with Crippen molar-refractivity contribution in [2.45, 2.75) is 13.0 Å². The smallest absolute Gasteiger partial charge is 0.271 e. The van der Waals surface area contributed by atoms with E-state index < -0.39 is 0 Å². The summed E-state index contributed by atoms with van der Waals surface area (Å²) < 4.78 is 0. The number of hydrogen-bond acceptors (Lipinski definition) is 4.